The fraction of sp³-hybridized carbons (Fsp3) is 0.688. The molecule has 0 fully saturated rings. The Balaban J connectivity index is 2.09. The van der Waals surface area contributed by atoms with Crippen LogP contribution in [0.3, 0.4) is 0 Å². The molecule has 0 saturated carbocycles. The van der Waals surface area contributed by atoms with Gasteiger partial charge in [-0.1, -0.05) is 13.8 Å². The van der Waals surface area contributed by atoms with Crippen molar-refractivity contribution in [3.8, 4) is 0 Å². The van der Waals surface area contributed by atoms with E-state index in [2.05, 4.69) is 31.1 Å². The minimum absolute atomic E-state index is 0.202. The number of aliphatic hydroxyl groups is 1. The zero-order valence-electron chi connectivity index (χ0n) is 12.9. The molecule has 2 atom stereocenters. The number of ether oxygens (including phenoxy) is 1. The van der Waals surface area contributed by atoms with E-state index in [1.165, 1.54) is 12.0 Å². The second-order valence-corrected chi connectivity index (χ2v) is 5.68. The first-order valence-electron chi connectivity index (χ1n) is 7.48. The van der Waals surface area contributed by atoms with Gasteiger partial charge in [0.05, 0.1) is 12.7 Å². The van der Waals surface area contributed by atoms with Gasteiger partial charge in [0.15, 0.2) is 0 Å². The van der Waals surface area contributed by atoms with Gasteiger partial charge in [0.1, 0.15) is 0 Å². The van der Waals surface area contributed by atoms with Gasteiger partial charge in [0.2, 0.25) is 0 Å². The first-order valence-corrected chi connectivity index (χ1v) is 7.48. The van der Waals surface area contributed by atoms with Gasteiger partial charge in [0.25, 0.3) is 0 Å². The average Bonchev–Trinajstić information content (AvgIpc) is 2.45. The molecule has 1 heterocycles. The average molecular weight is 280 g/mol. The quantitative estimate of drug-likeness (QED) is 0.647. The lowest BCUT2D eigenvalue weighted by molar-refractivity contribution is 0.0337. The van der Waals surface area contributed by atoms with Gasteiger partial charge < -0.3 is 15.2 Å². The number of aliphatic hydroxyl groups excluding tert-OH is 1. The number of hydrogen-bond acceptors (Lipinski definition) is 4. The molecule has 2 N–H and O–H groups in total. The largest absolute Gasteiger partial charge is 0.389 e. The molecular weight excluding hydrogens is 252 g/mol. The van der Waals surface area contributed by atoms with Crippen molar-refractivity contribution in [3.63, 3.8) is 0 Å². The van der Waals surface area contributed by atoms with E-state index < -0.39 is 6.10 Å². The van der Waals surface area contributed by atoms with Crippen LogP contribution in [-0.2, 0) is 4.74 Å². The molecular formula is C16H28N2O2. The molecule has 0 spiro atoms. The van der Waals surface area contributed by atoms with Crippen LogP contribution in [-0.4, -0.2) is 36.0 Å². The third kappa shape index (κ3) is 7.58. The van der Waals surface area contributed by atoms with E-state index >= 15 is 0 Å². The second-order valence-electron chi connectivity index (χ2n) is 5.68. The maximum Gasteiger partial charge on any atom is 0.0897 e. The maximum absolute atomic E-state index is 9.85. The predicted octanol–water partition coefficient (Wildman–Crippen LogP) is 2.55. The first-order chi connectivity index (χ1) is 9.59. The monoisotopic (exact) mass is 280 g/mol. The highest BCUT2D eigenvalue weighted by atomic mass is 16.5. The molecule has 0 bridgehead atoms. The standard InChI is InChI=1S/C16H28N2O2/c1-13(2)5-4-10-20-12-16(19)11-18-14(3)15-6-8-17-9-7-15/h6-9,13-14,16,18-19H,4-5,10-12H2,1-3H3. The Kier molecular flexibility index (Phi) is 8.42. The van der Waals surface area contributed by atoms with Crippen molar-refractivity contribution < 1.29 is 9.84 Å². The number of rotatable bonds is 10. The van der Waals surface area contributed by atoms with E-state index in [0.717, 1.165) is 13.0 Å². The van der Waals surface area contributed by atoms with Crippen molar-refractivity contribution in [2.45, 2.75) is 45.8 Å². The van der Waals surface area contributed by atoms with E-state index in [0.29, 0.717) is 19.1 Å². The van der Waals surface area contributed by atoms with Crippen LogP contribution in [0, 0.1) is 5.92 Å². The van der Waals surface area contributed by atoms with Gasteiger partial charge in [-0.05, 0) is 43.4 Å². The molecule has 1 aromatic rings. The normalized spacial score (nSPS) is 14.4. The van der Waals surface area contributed by atoms with Crippen molar-refractivity contribution >= 4 is 0 Å². The number of aromatic nitrogens is 1. The van der Waals surface area contributed by atoms with Gasteiger partial charge in [-0.25, -0.2) is 0 Å². The van der Waals surface area contributed by atoms with Gasteiger partial charge in [0, 0.05) is 31.6 Å². The smallest absolute Gasteiger partial charge is 0.0897 e. The molecule has 2 unspecified atom stereocenters. The molecule has 1 aromatic heterocycles. The highest BCUT2D eigenvalue weighted by Gasteiger charge is 2.08. The van der Waals surface area contributed by atoms with Crippen molar-refractivity contribution in [1.29, 1.82) is 0 Å². The molecule has 0 saturated heterocycles. The third-order valence-corrected chi connectivity index (χ3v) is 3.25. The first kappa shape index (κ1) is 17.1. The van der Waals surface area contributed by atoms with E-state index in [1.807, 2.05) is 12.1 Å². The fourth-order valence-electron chi connectivity index (χ4n) is 1.95. The second kappa shape index (κ2) is 9.86. The van der Waals surface area contributed by atoms with Crippen LogP contribution in [0.4, 0.5) is 0 Å². The molecule has 0 radical (unpaired) electrons. The van der Waals surface area contributed by atoms with E-state index in [4.69, 9.17) is 4.74 Å². The molecule has 0 aliphatic carbocycles. The number of hydrogen-bond donors (Lipinski definition) is 2. The van der Waals surface area contributed by atoms with Gasteiger partial charge in [-0.2, -0.15) is 0 Å². The molecule has 0 aliphatic heterocycles. The summed E-state index contributed by atoms with van der Waals surface area (Å²) < 4.78 is 5.48. The minimum atomic E-state index is -0.460. The molecule has 0 aromatic carbocycles. The fourth-order valence-corrected chi connectivity index (χ4v) is 1.95. The molecule has 1 rings (SSSR count). The van der Waals surface area contributed by atoms with E-state index in [9.17, 15) is 5.11 Å². The molecule has 4 nitrogen and oxygen atoms in total. The number of pyridine rings is 1. The summed E-state index contributed by atoms with van der Waals surface area (Å²) in [5.74, 6) is 0.714. The van der Waals surface area contributed by atoms with Crippen LogP contribution in [0.5, 0.6) is 0 Å². The van der Waals surface area contributed by atoms with Crippen LogP contribution < -0.4 is 5.32 Å². The maximum atomic E-state index is 9.85. The van der Waals surface area contributed by atoms with Crippen LogP contribution in [0.1, 0.15) is 45.2 Å². The van der Waals surface area contributed by atoms with Crippen LogP contribution in [0.2, 0.25) is 0 Å². The topological polar surface area (TPSA) is 54.4 Å². The molecule has 4 heteroatoms. The molecule has 0 aliphatic rings. The Bertz CT molecular complexity index is 344. The molecule has 20 heavy (non-hydrogen) atoms. The summed E-state index contributed by atoms with van der Waals surface area (Å²) in [6.07, 6.45) is 5.33. The summed E-state index contributed by atoms with van der Waals surface area (Å²) in [7, 11) is 0. The lowest BCUT2D eigenvalue weighted by atomic mass is 10.1. The summed E-state index contributed by atoms with van der Waals surface area (Å²) >= 11 is 0. The number of nitrogens with zero attached hydrogens (tertiary/aromatic N) is 1. The van der Waals surface area contributed by atoms with Gasteiger partial charge in [-0.3, -0.25) is 4.98 Å². The van der Waals surface area contributed by atoms with E-state index in [-0.39, 0.29) is 6.04 Å². The summed E-state index contributed by atoms with van der Waals surface area (Å²) in [4.78, 5) is 4.00. The zero-order chi connectivity index (χ0) is 14.8. The summed E-state index contributed by atoms with van der Waals surface area (Å²) in [6.45, 7) is 8.15. The summed E-state index contributed by atoms with van der Waals surface area (Å²) in [5.41, 5.74) is 1.17. The zero-order valence-corrected chi connectivity index (χ0v) is 12.9. The number of nitrogens with one attached hydrogen (secondary N) is 1. The summed E-state index contributed by atoms with van der Waals surface area (Å²) in [5, 5.41) is 13.2. The SMILES string of the molecule is CC(C)CCCOCC(O)CNC(C)c1ccncc1. The van der Waals surface area contributed by atoms with Gasteiger partial charge >= 0.3 is 0 Å². The Morgan fingerprint density at radius 1 is 1.25 bits per heavy atom. The van der Waals surface area contributed by atoms with Gasteiger partial charge in [-0.15, -0.1) is 0 Å². The van der Waals surface area contributed by atoms with Crippen molar-refractivity contribution in [2.75, 3.05) is 19.8 Å². The van der Waals surface area contributed by atoms with Crippen molar-refractivity contribution in [1.82, 2.24) is 10.3 Å². The lowest BCUT2D eigenvalue weighted by Crippen LogP contribution is -2.32. The molecule has 114 valence electrons. The Hall–Kier alpha value is -0.970. The third-order valence-electron chi connectivity index (χ3n) is 3.25. The highest BCUT2D eigenvalue weighted by molar-refractivity contribution is 5.13. The minimum Gasteiger partial charge on any atom is -0.389 e. The lowest BCUT2D eigenvalue weighted by Gasteiger charge is -2.17. The Morgan fingerprint density at radius 2 is 1.95 bits per heavy atom. The predicted molar refractivity (Wildman–Crippen MR) is 81.6 cm³/mol. The Labute approximate surface area is 122 Å². The van der Waals surface area contributed by atoms with E-state index in [1.54, 1.807) is 12.4 Å². The van der Waals surface area contributed by atoms with Crippen molar-refractivity contribution in [2.24, 2.45) is 5.92 Å². The van der Waals surface area contributed by atoms with Crippen LogP contribution >= 0.6 is 0 Å². The Morgan fingerprint density at radius 3 is 2.60 bits per heavy atom. The molecule has 0 amide bonds. The summed E-state index contributed by atoms with van der Waals surface area (Å²) in [6, 6.07) is 4.16. The van der Waals surface area contributed by atoms with Crippen molar-refractivity contribution in [3.05, 3.63) is 30.1 Å². The van der Waals surface area contributed by atoms with Crippen LogP contribution in [0.25, 0.3) is 0 Å². The highest BCUT2D eigenvalue weighted by Crippen LogP contribution is 2.09. The van der Waals surface area contributed by atoms with Crippen LogP contribution in [0.15, 0.2) is 24.5 Å².